The van der Waals surface area contributed by atoms with Gasteiger partial charge in [-0.15, -0.1) is 11.3 Å². The van der Waals surface area contributed by atoms with Crippen LogP contribution in [0, 0.1) is 5.92 Å². The van der Waals surface area contributed by atoms with Gasteiger partial charge in [-0.3, -0.25) is 9.88 Å². The zero-order valence-corrected chi connectivity index (χ0v) is 17.3. The highest BCUT2D eigenvalue weighted by Crippen LogP contribution is 2.40. The number of anilines is 1. The smallest absolute Gasteiger partial charge is 0.141 e. The van der Waals surface area contributed by atoms with Crippen LogP contribution in [0.3, 0.4) is 0 Å². The van der Waals surface area contributed by atoms with E-state index in [9.17, 15) is 0 Å². The predicted molar refractivity (Wildman–Crippen MR) is 115 cm³/mol. The maximum absolute atomic E-state index is 4.77. The first-order chi connectivity index (χ1) is 13.8. The summed E-state index contributed by atoms with van der Waals surface area (Å²) in [6.07, 6.45) is 8.47. The van der Waals surface area contributed by atoms with Crippen molar-refractivity contribution < 1.29 is 0 Å². The second kappa shape index (κ2) is 7.76. The molecule has 28 heavy (non-hydrogen) atoms. The van der Waals surface area contributed by atoms with Gasteiger partial charge in [-0.1, -0.05) is 13.0 Å². The molecule has 1 atom stereocenters. The molecule has 0 spiro atoms. The van der Waals surface area contributed by atoms with Gasteiger partial charge in [0.05, 0.1) is 11.1 Å². The quantitative estimate of drug-likeness (QED) is 0.675. The number of aryl methyl sites for hydroxylation is 1. The number of thiophene rings is 1. The highest BCUT2D eigenvalue weighted by molar-refractivity contribution is 7.19. The molecule has 146 valence electrons. The third-order valence-corrected chi connectivity index (χ3v) is 7.23. The molecule has 1 aliphatic heterocycles. The van der Waals surface area contributed by atoms with Gasteiger partial charge in [0.2, 0.25) is 0 Å². The van der Waals surface area contributed by atoms with Crippen LogP contribution in [-0.4, -0.2) is 46.0 Å². The van der Waals surface area contributed by atoms with Gasteiger partial charge >= 0.3 is 0 Å². The number of hydrogen-bond acceptors (Lipinski definition) is 6. The fraction of sp³-hybridized carbons (Fsp3) is 0.500. The van der Waals surface area contributed by atoms with Crippen molar-refractivity contribution in [2.75, 3.05) is 31.1 Å². The Morgan fingerprint density at radius 2 is 2.07 bits per heavy atom. The van der Waals surface area contributed by atoms with Crippen LogP contribution in [0.4, 0.5) is 5.82 Å². The second-order valence-electron chi connectivity index (χ2n) is 8.17. The SMILES string of the molecule is CC1CCc2c(sc3ncnc(N4CCCN(Cc5ccccn5)CC4)c23)C1. The van der Waals surface area contributed by atoms with Crippen molar-refractivity contribution in [3.05, 3.63) is 46.9 Å². The molecule has 0 bridgehead atoms. The summed E-state index contributed by atoms with van der Waals surface area (Å²) in [6.45, 7) is 7.53. The summed E-state index contributed by atoms with van der Waals surface area (Å²) in [5.74, 6) is 1.95. The number of pyridine rings is 1. The highest BCUT2D eigenvalue weighted by Gasteiger charge is 2.26. The standard InChI is InChI=1S/C22H27N5S/c1-16-6-7-18-19(13-16)28-22-20(18)21(24-15-25-22)27-10-4-9-26(11-12-27)14-17-5-2-3-8-23-17/h2-3,5,8,15-16H,4,6-7,9-14H2,1H3. The Morgan fingerprint density at radius 1 is 1.11 bits per heavy atom. The second-order valence-corrected chi connectivity index (χ2v) is 9.25. The maximum Gasteiger partial charge on any atom is 0.141 e. The van der Waals surface area contributed by atoms with E-state index in [1.165, 1.54) is 35.0 Å². The third kappa shape index (κ3) is 3.51. The van der Waals surface area contributed by atoms with E-state index in [2.05, 4.69) is 38.8 Å². The number of fused-ring (bicyclic) bond motifs is 3. The normalized spacial score (nSPS) is 20.9. The molecule has 3 aromatic heterocycles. The Bertz CT molecular complexity index is 954. The average molecular weight is 394 g/mol. The first kappa shape index (κ1) is 18.0. The van der Waals surface area contributed by atoms with Gasteiger partial charge in [-0.25, -0.2) is 9.97 Å². The van der Waals surface area contributed by atoms with E-state index in [0.717, 1.165) is 56.6 Å². The molecule has 4 heterocycles. The highest BCUT2D eigenvalue weighted by atomic mass is 32.1. The molecule has 1 fully saturated rings. The number of hydrogen-bond donors (Lipinski definition) is 0. The first-order valence-electron chi connectivity index (χ1n) is 10.4. The van der Waals surface area contributed by atoms with Crippen LogP contribution in [0.25, 0.3) is 10.2 Å². The van der Waals surface area contributed by atoms with E-state index in [-0.39, 0.29) is 0 Å². The number of aromatic nitrogens is 3. The Kier molecular flexibility index (Phi) is 4.99. The molecule has 2 aliphatic rings. The van der Waals surface area contributed by atoms with Gasteiger partial charge in [-0.2, -0.15) is 0 Å². The van der Waals surface area contributed by atoms with E-state index >= 15 is 0 Å². The largest absolute Gasteiger partial charge is 0.355 e. The van der Waals surface area contributed by atoms with Crippen molar-refractivity contribution in [3.63, 3.8) is 0 Å². The van der Waals surface area contributed by atoms with Crippen LogP contribution in [0.1, 0.15) is 35.9 Å². The fourth-order valence-corrected chi connectivity index (χ4v) is 5.90. The summed E-state index contributed by atoms with van der Waals surface area (Å²) in [4.78, 5) is 21.6. The molecule has 0 saturated carbocycles. The van der Waals surface area contributed by atoms with Crippen LogP contribution in [0.5, 0.6) is 0 Å². The number of rotatable bonds is 3. The van der Waals surface area contributed by atoms with Gasteiger partial charge in [0.1, 0.15) is 17.0 Å². The minimum Gasteiger partial charge on any atom is -0.355 e. The minimum atomic E-state index is 0.787. The lowest BCUT2D eigenvalue weighted by molar-refractivity contribution is 0.282. The molecular formula is C22H27N5S. The van der Waals surface area contributed by atoms with Crippen LogP contribution in [0.15, 0.2) is 30.7 Å². The van der Waals surface area contributed by atoms with Crippen molar-refractivity contribution in [1.29, 1.82) is 0 Å². The molecular weight excluding hydrogens is 366 g/mol. The predicted octanol–water partition coefficient (Wildman–Crippen LogP) is 3.92. The van der Waals surface area contributed by atoms with Crippen LogP contribution in [-0.2, 0) is 19.4 Å². The average Bonchev–Trinajstić information content (AvgIpc) is 2.92. The molecule has 5 rings (SSSR count). The molecule has 6 heteroatoms. The monoisotopic (exact) mass is 393 g/mol. The van der Waals surface area contributed by atoms with Crippen molar-refractivity contribution in [1.82, 2.24) is 19.9 Å². The van der Waals surface area contributed by atoms with Gasteiger partial charge in [0.25, 0.3) is 0 Å². The summed E-state index contributed by atoms with van der Waals surface area (Å²) in [5.41, 5.74) is 2.68. The zero-order chi connectivity index (χ0) is 18.9. The van der Waals surface area contributed by atoms with E-state index in [0.29, 0.717) is 0 Å². The molecule has 0 N–H and O–H groups in total. The summed E-state index contributed by atoms with van der Waals surface area (Å²) in [5, 5.41) is 1.34. The van der Waals surface area contributed by atoms with E-state index in [4.69, 9.17) is 4.98 Å². The topological polar surface area (TPSA) is 45.2 Å². The van der Waals surface area contributed by atoms with Gasteiger partial charge in [0, 0.05) is 43.8 Å². The summed E-state index contributed by atoms with van der Waals surface area (Å²) >= 11 is 1.89. The summed E-state index contributed by atoms with van der Waals surface area (Å²) in [7, 11) is 0. The molecule has 0 amide bonds. The lowest BCUT2D eigenvalue weighted by atomic mass is 9.89. The molecule has 3 aromatic rings. The molecule has 1 aliphatic carbocycles. The van der Waals surface area contributed by atoms with Crippen LogP contribution < -0.4 is 4.90 Å². The maximum atomic E-state index is 4.77. The molecule has 0 radical (unpaired) electrons. The van der Waals surface area contributed by atoms with Crippen LogP contribution >= 0.6 is 11.3 Å². The summed E-state index contributed by atoms with van der Waals surface area (Å²) < 4.78 is 0. The molecule has 0 aromatic carbocycles. The van der Waals surface area contributed by atoms with Gasteiger partial charge < -0.3 is 4.90 Å². The zero-order valence-electron chi connectivity index (χ0n) is 16.5. The lowest BCUT2D eigenvalue weighted by Gasteiger charge is -2.24. The van der Waals surface area contributed by atoms with Crippen molar-refractivity contribution in [2.24, 2.45) is 5.92 Å². The Morgan fingerprint density at radius 3 is 2.96 bits per heavy atom. The van der Waals surface area contributed by atoms with E-state index < -0.39 is 0 Å². The fourth-order valence-electron chi connectivity index (χ4n) is 4.56. The minimum absolute atomic E-state index is 0.787. The summed E-state index contributed by atoms with van der Waals surface area (Å²) in [6, 6.07) is 6.18. The molecule has 1 saturated heterocycles. The van der Waals surface area contributed by atoms with Gasteiger partial charge in [0.15, 0.2) is 0 Å². The van der Waals surface area contributed by atoms with Crippen LogP contribution in [0.2, 0.25) is 0 Å². The first-order valence-corrected chi connectivity index (χ1v) is 11.2. The molecule has 5 nitrogen and oxygen atoms in total. The molecule has 1 unspecified atom stereocenters. The van der Waals surface area contributed by atoms with E-state index in [1.54, 1.807) is 11.2 Å². The third-order valence-electron chi connectivity index (χ3n) is 6.07. The van der Waals surface area contributed by atoms with E-state index in [1.807, 2.05) is 23.6 Å². The van der Waals surface area contributed by atoms with Crippen molar-refractivity contribution in [3.8, 4) is 0 Å². The number of nitrogens with zero attached hydrogens (tertiary/aromatic N) is 5. The van der Waals surface area contributed by atoms with Crippen molar-refractivity contribution in [2.45, 2.75) is 39.2 Å². The Balaban J connectivity index is 1.38. The Hall–Kier alpha value is -2.05. The van der Waals surface area contributed by atoms with Gasteiger partial charge in [-0.05, 0) is 49.3 Å². The lowest BCUT2D eigenvalue weighted by Crippen LogP contribution is -2.31. The van der Waals surface area contributed by atoms with Crippen molar-refractivity contribution >= 4 is 27.4 Å². The Labute approximate surface area is 170 Å².